The molecule has 12 heavy (non-hydrogen) atoms. The quantitative estimate of drug-likeness (QED) is 0.348. The van der Waals surface area contributed by atoms with E-state index in [1.807, 2.05) is 6.92 Å². The van der Waals surface area contributed by atoms with E-state index in [-0.39, 0.29) is 0 Å². The van der Waals surface area contributed by atoms with Crippen LogP contribution >= 0.6 is 0 Å². The van der Waals surface area contributed by atoms with Crippen LogP contribution in [-0.2, 0) is 4.79 Å². The molecule has 0 saturated heterocycles. The van der Waals surface area contributed by atoms with Crippen LogP contribution in [0.15, 0.2) is 23.3 Å². The molecule has 0 unspecified atom stereocenters. The minimum absolute atomic E-state index is 0.853. The molecule has 0 N–H and O–H groups in total. The predicted octanol–water partition coefficient (Wildman–Crippen LogP) is 3.27. The van der Waals surface area contributed by atoms with E-state index in [1.54, 1.807) is 6.08 Å². The summed E-state index contributed by atoms with van der Waals surface area (Å²) >= 11 is 0. The highest BCUT2D eigenvalue weighted by atomic mass is 16.1. The van der Waals surface area contributed by atoms with Gasteiger partial charge in [0.05, 0.1) is 0 Å². The van der Waals surface area contributed by atoms with Crippen LogP contribution in [0, 0.1) is 0 Å². The summed E-state index contributed by atoms with van der Waals surface area (Å²) in [7, 11) is 0. The molecule has 0 heterocycles. The molecule has 1 heteroatoms. The van der Waals surface area contributed by atoms with Crippen LogP contribution in [0.4, 0.5) is 0 Å². The van der Waals surface area contributed by atoms with Crippen LogP contribution < -0.4 is 0 Å². The molecule has 0 aliphatic rings. The van der Waals surface area contributed by atoms with Crippen molar-refractivity contribution in [2.75, 3.05) is 0 Å². The van der Waals surface area contributed by atoms with Crippen molar-refractivity contribution in [2.45, 2.75) is 40.0 Å². The summed E-state index contributed by atoms with van der Waals surface area (Å²) in [6, 6.07) is 0. The standard InChI is InChI=1S/C11H18O/c1-4-10(2)6-5-7-11(3)8-9-12/h6,8-9H,4-5,7H2,1-3H3/b10-6+,11-8-. The number of aldehydes is 1. The van der Waals surface area contributed by atoms with Gasteiger partial charge in [0, 0.05) is 0 Å². The van der Waals surface area contributed by atoms with Crippen molar-refractivity contribution in [3.8, 4) is 0 Å². The summed E-state index contributed by atoms with van der Waals surface area (Å²) in [5.41, 5.74) is 2.58. The van der Waals surface area contributed by atoms with Gasteiger partial charge in [0.25, 0.3) is 0 Å². The van der Waals surface area contributed by atoms with Crippen molar-refractivity contribution in [1.29, 1.82) is 0 Å². The molecule has 0 aromatic heterocycles. The predicted molar refractivity (Wildman–Crippen MR) is 53.1 cm³/mol. The van der Waals surface area contributed by atoms with Gasteiger partial charge in [0.1, 0.15) is 6.29 Å². The number of allylic oxidation sites excluding steroid dienone is 4. The third-order valence-electron chi connectivity index (χ3n) is 1.94. The fourth-order valence-corrected chi connectivity index (χ4v) is 0.890. The molecule has 1 nitrogen and oxygen atoms in total. The van der Waals surface area contributed by atoms with Crippen LogP contribution in [-0.4, -0.2) is 6.29 Å². The molecule has 0 rings (SSSR count). The summed E-state index contributed by atoms with van der Waals surface area (Å²) in [6.07, 6.45) is 7.89. The monoisotopic (exact) mass is 166 g/mol. The summed E-state index contributed by atoms with van der Waals surface area (Å²) in [5, 5.41) is 0. The fourth-order valence-electron chi connectivity index (χ4n) is 0.890. The van der Waals surface area contributed by atoms with Crippen LogP contribution in [0.3, 0.4) is 0 Å². The van der Waals surface area contributed by atoms with E-state index in [4.69, 9.17) is 0 Å². The molecule has 68 valence electrons. The number of carbonyl (C=O) groups excluding carboxylic acids is 1. The molecule has 0 aliphatic heterocycles. The van der Waals surface area contributed by atoms with Gasteiger partial charge in [-0.1, -0.05) is 24.1 Å². The van der Waals surface area contributed by atoms with Crippen molar-refractivity contribution in [1.82, 2.24) is 0 Å². The van der Waals surface area contributed by atoms with Crippen LogP contribution in [0.2, 0.25) is 0 Å². The van der Waals surface area contributed by atoms with E-state index >= 15 is 0 Å². The van der Waals surface area contributed by atoms with Gasteiger partial charge in [-0.15, -0.1) is 0 Å². The second-order valence-electron chi connectivity index (χ2n) is 3.09. The summed E-state index contributed by atoms with van der Waals surface area (Å²) in [5.74, 6) is 0. The van der Waals surface area contributed by atoms with Crippen molar-refractivity contribution < 1.29 is 4.79 Å². The van der Waals surface area contributed by atoms with Gasteiger partial charge in [-0.05, 0) is 39.2 Å². The van der Waals surface area contributed by atoms with Crippen LogP contribution in [0.1, 0.15) is 40.0 Å². The molecule has 0 amide bonds. The Morgan fingerprint density at radius 1 is 1.25 bits per heavy atom. The Hall–Kier alpha value is -0.850. The van der Waals surface area contributed by atoms with Gasteiger partial charge in [0.15, 0.2) is 0 Å². The van der Waals surface area contributed by atoms with E-state index < -0.39 is 0 Å². The number of rotatable bonds is 5. The van der Waals surface area contributed by atoms with Crippen molar-refractivity contribution in [3.05, 3.63) is 23.3 Å². The average Bonchev–Trinajstić information content (AvgIpc) is 2.04. The maximum Gasteiger partial charge on any atom is 0.142 e. The second kappa shape index (κ2) is 6.84. The molecule has 0 saturated carbocycles. The number of hydrogen-bond acceptors (Lipinski definition) is 1. The highest BCUT2D eigenvalue weighted by Crippen LogP contribution is 2.07. The van der Waals surface area contributed by atoms with Crippen molar-refractivity contribution in [2.24, 2.45) is 0 Å². The molecule has 0 aromatic carbocycles. The Labute approximate surface area is 75.2 Å². The lowest BCUT2D eigenvalue weighted by atomic mass is 10.1. The zero-order valence-corrected chi connectivity index (χ0v) is 8.26. The maximum absolute atomic E-state index is 10.1. The molecule has 0 aromatic rings. The van der Waals surface area contributed by atoms with Gasteiger partial charge in [-0.3, -0.25) is 4.79 Å². The zero-order valence-electron chi connectivity index (χ0n) is 8.26. The first-order valence-electron chi connectivity index (χ1n) is 4.47. The first-order valence-corrected chi connectivity index (χ1v) is 4.47. The van der Waals surface area contributed by atoms with Gasteiger partial charge in [-0.25, -0.2) is 0 Å². The first-order chi connectivity index (χ1) is 5.70. The van der Waals surface area contributed by atoms with E-state index in [0.29, 0.717) is 0 Å². The molecule has 0 bridgehead atoms. The lowest BCUT2D eigenvalue weighted by Gasteiger charge is -1.97. The summed E-state index contributed by atoms with van der Waals surface area (Å²) in [4.78, 5) is 10.1. The topological polar surface area (TPSA) is 17.1 Å². The molecule has 0 fully saturated rings. The van der Waals surface area contributed by atoms with Crippen molar-refractivity contribution >= 4 is 6.29 Å². The summed E-state index contributed by atoms with van der Waals surface area (Å²) < 4.78 is 0. The van der Waals surface area contributed by atoms with Crippen molar-refractivity contribution in [3.63, 3.8) is 0 Å². The Morgan fingerprint density at radius 2 is 1.92 bits per heavy atom. The Kier molecular flexibility index (Phi) is 6.35. The SMILES string of the molecule is CC/C(C)=C/CC/C(C)=C\C=O. The smallest absolute Gasteiger partial charge is 0.142 e. The normalized spacial score (nSPS) is 13.2. The third-order valence-corrected chi connectivity index (χ3v) is 1.94. The Balaban J connectivity index is 3.69. The van der Waals surface area contributed by atoms with Crippen LogP contribution in [0.25, 0.3) is 0 Å². The first kappa shape index (κ1) is 11.2. The van der Waals surface area contributed by atoms with E-state index in [2.05, 4.69) is 19.9 Å². The van der Waals surface area contributed by atoms with Gasteiger partial charge in [0.2, 0.25) is 0 Å². The average molecular weight is 166 g/mol. The second-order valence-corrected chi connectivity index (χ2v) is 3.09. The molecule has 0 spiro atoms. The minimum atomic E-state index is 0.853. The van der Waals surface area contributed by atoms with Gasteiger partial charge < -0.3 is 0 Å². The maximum atomic E-state index is 10.1. The molecular formula is C11H18O. The number of carbonyl (C=O) groups is 1. The molecule has 0 radical (unpaired) electrons. The van der Waals surface area contributed by atoms with Crippen LogP contribution in [0.5, 0.6) is 0 Å². The largest absolute Gasteiger partial charge is 0.299 e. The molecule has 0 aliphatic carbocycles. The molecule has 0 atom stereocenters. The van der Waals surface area contributed by atoms with Gasteiger partial charge >= 0.3 is 0 Å². The Bertz CT molecular complexity index is 187. The minimum Gasteiger partial charge on any atom is -0.299 e. The van der Waals surface area contributed by atoms with E-state index in [0.717, 1.165) is 31.1 Å². The Morgan fingerprint density at radius 3 is 2.42 bits per heavy atom. The zero-order chi connectivity index (χ0) is 9.40. The highest BCUT2D eigenvalue weighted by Gasteiger charge is 1.88. The number of hydrogen-bond donors (Lipinski definition) is 0. The van der Waals surface area contributed by atoms with E-state index in [9.17, 15) is 4.79 Å². The lowest BCUT2D eigenvalue weighted by molar-refractivity contribution is -0.104. The fraction of sp³-hybridized carbons (Fsp3) is 0.545. The highest BCUT2D eigenvalue weighted by molar-refractivity contribution is 5.65. The van der Waals surface area contributed by atoms with E-state index in [1.165, 1.54) is 5.57 Å². The lowest BCUT2D eigenvalue weighted by Crippen LogP contribution is -1.78. The molecular weight excluding hydrogens is 148 g/mol. The third kappa shape index (κ3) is 5.90. The summed E-state index contributed by atoms with van der Waals surface area (Å²) in [6.45, 7) is 6.28. The van der Waals surface area contributed by atoms with Gasteiger partial charge in [-0.2, -0.15) is 0 Å².